The lowest BCUT2D eigenvalue weighted by Gasteiger charge is -2.40. The van der Waals surface area contributed by atoms with Gasteiger partial charge in [0.2, 0.25) is 11.8 Å². The number of piperidine rings is 1. The van der Waals surface area contributed by atoms with Crippen LogP contribution in [-0.2, 0) is 20.9 Å². The van der Waals surface area contributed by atoms with E-state index in [2.05, 4.69) is 30.1 Å². The molecule has 202 valence electrons. The lowest BCUT2D eigenvalue weighted by Crippen LogP contribution is -2.51. The summed E-state index contributed by atoms with van der Waals surface area (Å²) < 4.78 is 5.56. The first kappa shape index (κ1) is 26.4. The fourth-order valence-corrected chi connectivity index (χ4v) is 7.66. The molecule has 0 aliphatic carbocycles. The Balaban J connectivity index is 1.16. The van der Waals surface area contributed by atoms with Gasteiger partial charge < -0.3 is 24.8 Å². The molecule has 4 aliphatic heterocycles. The summed E-state index contributed by atoms with van der Waals surface area (Å²) in [5.74, 6) is 1.17. The molecular formula is C28H40N4O4S. The molecule has 2 unspecified atom stereocenters. The zero-order valence-electron chi connectivity index (χ0n) is 22.1. The Morgan fingerprint density at radius 1 is 1.11 bits per heavy atom. The Bertz CT molecular complexity index is 990. The van der Waals surface area contributed by atoms with E-state index in [1.807, 2.05) is 28.0 Å². The third-order valence-electron chi connectivity index (χ3n) is 8.26. The molecule has 2 atom stereocenters. The van der Waals surface area contributed by atoms with Crippen molar-refractivity contribution in [3.05, 3.63) is 29.8 Å². The van der Waals surface area contributed by atoms with Gasteiger partial charge in [0.15, 0.2) is 0 Å². The van der Waals surface area contributed by atoms with Crippen molar-refractivity contribution in [3.63, 3.8) is 0 Å². The van der Waals surface area contributed by atoms with Gasteiger partial charge in [0, 0.05) is 57.5 Å². The molecule has 4 amide bonds. The van der Waals surface area contributed by atoms with Crippen LogP contribution >= 0.6 is 11.8 Å². The van der Waals surface area contributed by atoms with Crippen LogP contribution in [0.5, 0.6) is 0 Å². The van der Waals surface area contributed by atoms with Crippen LogP contribution in [0.4, 0.5) is 10.5 Å². The molecule has 9 heteroatoms. The van der Waals surface area contributed by atoms with Gasteiger partial charge in [0.25, 0.3) is 0 Å². The Labute approximate surface area is 224 Å². The van der Waals surface area contributed by atoms with Gasteiger partial charge in [-0.2, -0.15) is 0 Å². The minimum atomic E-state index is -0.297. The predicted octanol–water partition coefficient (Wildman–Crippen LogP) is 4.16. The highest BCUT2D eigenvalue weighted by atomic mass is 32.2. The van der Waals surface area contributed by atoms with E-state index in [1.54, 1.807) is 11.8 Å². The second kappa shape index (κ2) is 11.6. The van der Waals surface area contributed by atoms with Gasteiger partial charge in [0.1, 0.15) is 0 Å². The Hall–Kier alpha value is -2.26. The van der Waals surface area contributed by atoms with Crippen molar-refractivity contribution in [1.82, 2.24) is 14.7 Å². The molecule has 5 rings (SSSR count). The summed E-state index contributed by atoms with van der Waals surface area (Å²) in [7, 11) is 0. The standard InChI is InChI=1S/C28H40N4O4S/c1-19(2)7-14-31-26(34)24(37-27(31)20-10-15-36-16-11-20)17-25(33)30-12-8-22(9-13-30)32-18-21-5-3-4-6-23(21)29-28(32)35/h3-6,19-20,22,24,27H,7-18H2,1-2H3,(H,29,35). The topological polar surface area (TPSA) is 82.2 Å². The highest BCUT2D eigenvalue weighted by Crippen LogP contribution is 2.41. The van der Waals surface area contributed by atoms with Crippen LogP contribution < -0.4 is 5.32 Å². The number of para-hydroxylation sites is 1. The monoisotopic (exact) mass is 528 g/mol. The Morgan fingerprint density at radius 2 is 1.84 bits per heavy atom. The van der Waals surface area contributed by atoms with Crippen LogP contribution in [-0.4, -0.2) is 82.1 Å². The molecule has 0 aromatic heterocycles. The third-order valence-corrected chi connectivity index (χ3v) is 9.88. The fourth-order valence-electron chi connectivity index (χ4n) is 5.98. The number of thioether (sulfide) groups is 1. The molecule has 1 N–H and O–H groups in total. The molecule has 8 nitrogen and oxygen atoms in total. The highest BCUT2D eigenvalue weighted by molar-refractivity contribution is 8.01. The quantitative estimate of drug-likeness (QED) is 0.575. The van der Waals surface area contributed by atoms with Crippen LogP contribution in [0.1, 0.15) is 57.9 Å². The van der Waals surface area contributed by atoms with E-state index in [0.29, 0.717) is 31.5 Å². The van der Waals surface area contributed by atoms with E-state index in [4.69, 9.17) is 4.74 Å². The van der Waals surface area contributed by atoms with Crippen molar-refractivity contribution in [2.75, 3.05) is 38.2 Å². The maximum atomic E-state index is 13.4. The molecule has 0 radical (unpaired) electrons. The molecule has 37 heavy (non-hydrogen) atoms. The molecule has 3 saturated heterocycles. The first-order valence-electron chi connectivity index (χ1n) is 13.9. The number of carbonyl (C=O) groups excluding carboxylic acids is 3. The van der Waals surface area contributed by atoms with Crippen molar-refractivity contribution < 1.29 is 19.1 Å². The number of rotatable bonds is 7. The number of fused-ring (bicyclic) bond motifs is 1. The van der Waals surface area contributed by atoms with Crippen LogP contribution in [0.2, 0.25) is 0 Å². The van der Waals surface area contributed by atoms with Crippen molar-refractivity contribution >= 4 is 35.3 Å². The minimum absolute atomic E-state index is 0.0583. The van der Waals surface area contributed by atoms with Gasteiger partial charge in [-0.3, -0.25) is 9.59 Å². The van der Waals surface area contributed by atoms with Gasteiger partial charge in [-0.25, -0.2) is 4.79 Å². The number of urea groups is 1. The van der Waals surface area contributed by atoms with Gasteiger partial charge in [-0.1, -0.05) is 32.0 Å². The molecular weight excluding hydrogens is 488 g/mol. The molecule has 1 aromatic carbocycles. The number of amides is 4. The summed E-state index contributed by atoms with van der Waals surface area (Å²) in [5.41, 5.74) is 2.01. The minimum Gasteiger partial charge on any atom is -0.381 e. The van der Waals surface area contributed by atoms with Crippen molar-refractivity contribution in [2.45, 2.75) is 75.6 Å². The van der Waals surface area contributed by atoms with Crippen LogP contribution in [0, 0.1) is 11.8 Å². The molecule has 4 heterocycles. The van der Waals surface area contributed by atoms with Crippen molar-refractivity contribution in [3.8, 4) is 0 Å². The summed E-state index contributed by atoms with van der Waals surface area (Å²) in [4.78, 5) is 45.3. The normalized spacial score (nSPS) is 25.5. The summed E-state index contributed by atoms with van der Waals surface area (Å²) in [6, 6.07) is 7.97. The number of likely N-dealkylation sites (tertiary alicyclic amines) is 1. The highest BCUT2D eigenvalue weighted by Gasteiger charge is 2.45. The molecule has 1 aromatic rings. The Morgan fingerprint density at radius 3 is 2.57 bits per heavy atom. The molecule has 0 bridgehead atoms. The van der Waals surface area contributed by atoms with Crippen LogP contribution in [0.15, 0.2) is 24.3 Å². The number of ether oxygens (including phenoxy) is 1. The zero-order chi connectivity index (χ0) is 25.9. The summed E-state index contributed by atoms with van der Waals surface area (Å²) in [6.07, 6.45) is 4.73. The maximum absolute atomic E-state index is 13.4. The van der Waals surface area contributed by atoms with E-state index in [-0.39, 0.29) is 40.9 Å². The number of nitrogens with one attached hydrogen (secondary N) is 1. The largest absolute Gasteiger partial charge is 0.381 e. The number of nitrogens with zero attached hydrogens (tertiary/aromatic N) is 3. The lowest BCUT2D eigenvalue weighted by atomic mass is 9.98. The molecule has 0 spiro atoms. The van der Waals surface area contributed by atoms with Gasteiger partial charge in [-0.15, -0.1) is 11.8 Å². The number of carbonyl (C=O) groups is 3. The van der Waals surface area contributed by atoms with E-state index in [0.717, 1.165) is 63.1 Å². The lowest BCUT2D eigenvalue weighted by molar-refractivity contribution is -0.137. The number of hydrogen-bond acceptors (Lipinski definition) is 5. The van der Waals surface area contributed by atoms with Gasteiger partial charge in [0.05, 0.1) is 10.6 Å². The molecule has 4 aliphatic rings. The number of hydrogen-bond donors (Lipinski definition) is 1. The second-order valence-corrected chi connectivity index (χ2v) is 12.5. The third kappa shape index (κ3) is 5.93. The molecule has 0 saturated carbocycles. The van der Waals surface area contributed by atoms with Gasteiger partial charge >= 0.3 is 6.03 Å². The smallest absolute Gasteiger partial charge is 0.322 e. The van der Waals surface area contributed by atoms with Crippen LogP contribution in [0.25, 0.3) is 0 Å². The van der Waals surface area contributed by atoms with E-state index < -0.39 is 0 Å². The number of anilines is 1. The summed E-state index contributed by atoms with van der Waals surface area (Å²) in [5, 5.41) is 2.86. The Kier molecular flexibility index (Phi) is 8.29. The van der Waals surface area contributed by atoms with Crippen LogP contribution in [0.3, 0.4) is 0 Å². The fraction of sp³-hybridized carbons (Fsp3) is 0.679. The van der Waals surface area contributed by atoms with Gasteiger partial charge in [-0.05, 0) is 55.6 Å². The summed E-state index contributed by atoms with van der Waals surface area (Å²) >= 11 is 1.71. The number of benzene rings is 1. The maximum Gasteiger partial charge on any atom is 0.322 e. The SMILES string of the molecule is CC(C)CCN1C(=O)C(CC(=O)N2CCC(N3Cc4ccccc4NC3=O)CC2)SC1C1CCOCC1. The van der Waals surface area contributed by atoms with E-state index in [1.165, 1.54) is 0 Å². The van der Waals surface area contributed by atoms with Crippen molar-refractivity contribution in [2.24, 2.45) is 11.8 Å². The first-order valence-corrected chi connectivity index (χ1v) is 14.8. The second-order valence-electron chi connectivity index (χ2n) is 11.2. The predicted molar refractivity (Wildman–Crippen MR) is 145 cm³/mol. The van der Waals surface area contributed by atoms with E-state index in [9.17, 15) is 14.4 Å². The zero-order valence-corrected chi connectivity index (χ0v) is 22.9. The van der Waals surface area contributed by atoms with E-state index >= 15 is 0 Å². The van der Waals surface area contributed by atoms with Crippen molar-refractivity contribution in [1.29, 1.82) is 0 Å². The first-order chi connectivity index (χ1) is 17.9. The average molecular weight is 529 g/mol. The summed E-state index contributed by atoms with van der Waals surface area (Å²) in [6.45, 7) is 8.51. The average Bonchev–Trinajstić information content (AvgIpc) is 3.22. The molecule has 3 fully saturated rings.